The van der Waals surface area contributed by atoms with Gasteiger partial charge in [-0.15, -0.1) is 0 Å². The molecule has 2 aromatic carbocycles. The molecule has 1 amide bonds. The van der Waals surface area contributed by atoms with Crippen molar-refractivity contribution in [3.05, 3.63) is 76.1 Å². The van der Waals surface area contributed by atoms with Gasteiger partial charge in [-0.1, -0.05) is 30.3 Å². The molecule has 3 N–H and O–H groups in total. The third-order valence-corrected chi connectivity index (χ3v) is 3.85. The third-order valence-electron chi connectivity index (χ3n) is 3.85. The summed E-state index contributed by atoms with van der Waals surface area (Å²) in [5, 5.41) is 3.60. The van der Waals surface area contributed by atoms with Crippen molar-refractivity contribution in [3.63, 3.8) is 0 Å². The molecular weight excluding hydrogens is 304 g/mol. The molecule has 1 heterocycles. The summed E-state index contributed by atoms with van der Waals surface area (Å²) in [5.41, 5.74) is 8.38. The fourth-order valence-corrected chi connectivity index (χ4v) is 2.60. The van der Waals surface area contributed by atoms with Crippen molar-refractivity contribution in [2.24, 2.45) is 5.73 Å². The van der Waals surface area contributed by atoms with E-state index in [9.17, 15) is 9.59 Å². The highest BCUT2D eigenvalue weighted by Crippen LogP contribution is 2.20. The molecule has 1 atom stereocenters. The van der Waals surface area contributed by atoms with E-state index in [1.807, 2.05) is 43.3 Å². The number of fused-ring (bicyclic) bond motifs is 1. The molecular formula is C19H18N2O3. The summed E-state index contributed by atoms with van der Waals surface area (Å²) in [6, 6.07) is 15.6. The Morgan fingerprint density at radius 2 is 1.92 bits per heavy atom. The van der Waals surface area contributed by atoms with Gasteiger partial charge in [-0.2, -0.15) is 0 Å². The van der Waals surface area contributed by atoms with Crippen LogP contribution < -0.4 is 16.7 Å². The average Bonchev–Trinajstić information content (AvgIpc) is 2.55. The highest BCUT2D eigenvalue weighted by atomic mass is 16.4. The molecule has 1 aromatic heterocycles. The van der Waals surface area contributed by atoms with Gasteiger partial charge in [0.25, 0.3) is 0 Å². The van der Waals surface area contributed by atoms with Crippen LogP contribution in [0.3, 0.4) is 0 Å². The summed E-state index contributed by atoms with van der Waals surface area (Å²) in [5.74, 6) is -0.284. The zero-order valence-corrected chi connectivity index (χ0v) is 13.3. The van der Waals surface area contributed by atoms with Gasteiger partial charge in [0.2, 0.25) is 5.91 Å². The van der Waals surface area contributed by atoms with Crippen molar-refractivity contribution >= 4 is 22.6 Å². The van der Waals surface area contributed by atoms with Gasteiger partial charge < -0.3 is 15.5 Å². The Hall–Kier alpha value is -2.92. The van der Waals surface area contributed by atoms with Gasteiger partial charge in [0, 0.05) is 23.2 Å². The Morgan fingerprint density at radius 3 is 2.67 bits per heavy atom. The number of amides is 1. The summed E-state index contributed by atoms with van der Waals surface area (Å²) in [6.45, 7) is 1.84. The van der Waals surface area contributed by atoms with Gasteiger partial charge in [-0.25, -0.2) is 4.79 Å². The first-order chi connectivity index (χ1) is 11.5. The van der Waals surface area contributed by atoms with Crippen LogP contribution in [0.1, 0.15) is 11.1 Å². The van der Waals surface area contributed by atoms with Gasteiger partial charge in [0.1, 0.15) is 5.58 Å². The quantitative estimate of drug-likeness (QED) is 0.723. The van der Waals surface area contributed by atoms with Crippen LogP contribution in [-0.2, 0) is 11.2 Å². The molecule has 24 heavy (non-hydrogen) atoms. The third kappa shape index (κ3) is 3.52. The fourth-order valence-electron chi connectivity index (χ4n) is 2.60. The molecule has 3 rings (SSSR count). The minimum atomic E-state index is -0.660. The lowest BCUT2D eigenvalue weighted by Crippen LogP contribution is -2.37. The first kappa shape index (κ1) is 16.0. The molecule has 122 valence electrons. The van der Waals surface area contributed by atoms with Crippen LogP contribution in [0.4, 0.5) is 5.69 Å². The molecule has 0 bridgehead atoms. The molecule has 1 unspecified atom stereocenters. The van der Waals surface area contributed by atoms with E-state index in [4.69, 9.17) is 10.2 Å². The SMILES string of the molecule is Cc1cc(=O)oc2cc(NC(=O)C(N)Cc3ccccc3)ccc12. The Morgan fingerprint density at radius 1 is 1.17 bits per heavy atom. The zero-order chi connectivity index (χ0) is 17.1. The molecule has 3 aromatic rings. The molecule has 0 aliphatic carbocycles. The van der Waals surface area contributed by atoms with Crippen molar-refractivity contribution in [1.29, 1.82) is 0 Å². The second-order valence-corrected chi connectivity index (χ2v) is 5.74. The van der Waals surface area contributed by atoms with Crippen molar-refractivity contribution in [3.8, 4) is 0 Å². The molecule has 0 radical (unpaired) electrons. The predicted octanol–water partition coefficient (Wildman–Crippen LogP) is 2.61. The number of aryl methyl sites for hydroxylation is 1. The number of rotatable bonds is 4. The van der Waals surface area contributed by atoms with E-state index in [1.165, 1.54) is 6.07 Å². The molecule has 0 fully saturated rings. The molecule has 0 saturated heterocycles. The van der Waals surface area contributed by atoms with E-state index >= 15 is 0 Å². The molecule has 0 spiro atoms. The second kappa shape index (κ2) is 6.68. The van der Waals surface area contributed by atoms with E-state index in [0.29, 0.717) is 17.7 Å². The summed E-state index contributed by atoms with van der Waals surface area (Å²) < 4.78 is 5.18. The zero-order valence-electron chi connectivity index (χ0n) is 13.3. The van der Waals surface area contributed by atoms with E-state index in [2.05, 4.69) is 5.32 Å². The minimum absolute atomic E-state index is 0.284. The van der Waals surface area contributed by atoms with Gasteiger partial charge in [-0.05, 0) is 36.6 Å². The Kier molecular flexibility index (Phi) is 4.44. The average molecular weight is 322 g/mol. The van der Waals surface area contributed by atoms with Crippen LogP contribution in [-0.4, -0.2) is 11.9 Å². The summed E-state index contributed by atoms with van der Waals surface area (Å²) >= 11 is 0. The standard InChI is InChI=1S/C19H18N2O3/c1-12-9-18(22)24-17-11-14(7-8-15(12)17)21-19(23)16(20)10-13-5-3-2-4-6-13/h2-9,11,16H,10,20H2,1H3,(H,21,23). The molecule has 5 nitrogen and oxygen atoms in total. The van der Waals surface area contributed by atoms with Crippen molar-refractivity contribution < 1.29 is 9.21 Å². The molecule has 0 aliphatic heterocycles. The highest BCUT2D eigenvalue weighted by Gasteiger charge is 2.14. The van der Waals surface area contributed by atoms with Crippen molar-refractivity contribution in [1.82, 2.24) is 0 Å². The lowest BCUT2D eigenvalue weighted by atomic mass is 10.1. The van der Waals surface area contributed by atoms with Crippen LogP contribution in [0.25, 0.3) is 11.0 Å². The second-order valence-electron chi connectivity index (χ2n) is 5.74. The number of hydrogen-bond donors (Lipinski definition) is 2. The maximum absolute atomic E-state index is 12.3. The Balaban J connectivity index is 1.76. The van der Waals surface area contributed by atoms with E-state index < -0.39 is 11.7 Å². The molecule has 0 saturated carbocycles. The number of hydrogen-bond acceptors (Lipinski definition) is 4. The van der Waals surface area contributed by atoms with Crippen LogP contribution in [0.15, 0.2) is 63.8 Å². The van der Waals surface area contributed by atoms with Crippen molar-refractivity contribution in [2.45, 2.75) is 19.4 Å². The van der Waals surface area contributed by atoms with Crippen LogP contribution in [0.2, 0.25) is 0 Å². The lowest BCUT2D eigenvalue weighted by Gasteiger charge is -2.13. The fraction of sp³-hybridized carbons (Fsp3) is 0.158. The summed E-state index contributed by atoms with van der Waals surface area (Å²) in [7, 11) is 0. The maximum atomic E-state index is 12.3. The monoisotopic (exact) mass is 322 g/mol. The Labute approximate surface area is 139 Å². The van der Waals surface area contributed by atoms with Gasteiger partial charge in [0.05, 0.1) is 6.04 Å². The Bertz CT molecular complexity index is 932. The summed E-state index contributed by atoms with van der Waals surface area (Å²) in [4.78, 5) is 23.7. The number of carbonyl (C=O) groups excluding carboxylic acids is 1. The predicted molar refractivity (Wildman–Crippen MR) is 94.0 cm³/mol. The first-order valence-electron chi connectivity index (χ1n) is 7.68. The van der Waals surface area contributed by atoms with Crippen LogP contribution in [0, 0.1) is 6.92 Å². The number of nitrogens with two attached hydrogens (primary N) is 1. The normalized spacial score (nSPS) is 12.1. The molecule has 0 aliphatic rings. The topological polar surface area (TPSA) is 85.3 Å². The van der Waals surface area contributed by atoms with E-state index in [0.717, 1.165) is 16.5 Å². The number of nitrogens with one attached hydrogen (secondary N) is 1. The number of carbonyl (C=O) groups is 1. The largest absolute Gasteiger partial charge is 0.423 e. The lowest BCUT2D eigenvalue weighted by molar-refractivity contribution is -0.117. The number of anilines is 1. The van der Waals surface area contributed by atoms with Gasteiger partial charge in [0.15, 0.2) is 0 Å². The first-order valence-corrected chi connectivity index (χ1v) is 7.68. The van der Waals surface area contributed by atoms with Gasteiger partial charge in [-0.3, -0.25) is 4.79 Å². The van der Waals surface area contributed by atoms with Crippen LogP contribution in [0.5, 0.6) is 0 Å². The smallest absolute Gasteiger partial charge is 0.336 e. The van der Waals surface area contributed by atoms with E-state index in [1.54, 1.807) is 12.1 Å². The number of benzene rings is 2. The van der Waals surface area contributed by atoms with Gasteiger partial charge >= 0.3 is 5.63 Å². The van der Waals surface area contributed by atoms with Crippen LogP contribution >= 0.6 is 0 Å². The minimum Gasteiger partial charge on any atom is -0.423 e. The molecule has 5 heteroatoms. The van der Waals surface area contributed by atoms with E-state index in [-0.39, 0.29) is 5.91 Å². The highest BCUT2D eigenvalue weighted by molar-refractivity contribution is 5.96. The van der Waals surface area contributed by atoms with Crippen molar-refractivity contribution in [2.75, 3.05) is 5.32 Å². The summed E-state index contributed by atoms with van der Waals surface area (Å²) in [6.07, 6.45) is 0.453. The maximum Gasteiger partial charge on any atom is 0.336 e.